The van der Waals surface area contributed by atoms with Gasteiger partial charge < -0.3 is 15.6 Å². The summed E-state index contributed by atoms with van der Waals surface area (Å²) in [5, 5.41) is 10.7. The molecule has 41 heavy (non-hydrogen) atoms. The van der Waals surface area contributed by atoms with Gasteiger partial charge in [-0.25, -0.2) is 0 Å². The van der Waals surface area contributed by atoms with Crippen molar-refractivity contribution in [3.8, 4) is 0 Å². The molecule has 1 aliphatic heterocycles. The van der Waals surface area contributed by atoms with E-state index in [4.69, 9.17) is 20.4 Å². The summed E-state index contributed by atoms with van der Waals surface area (Å²) in [5.74, 6) is 5.78. The normalized spacial score (nSPS) is 41.9. The molecule has 0 amide bonds. The Labute approximate surface area is 256 Å². The fourth-order valence-corrected chi connectivity index (χ4v) is 9.59. The van der Waals surface area contributed by atoms with E-state index >= 15 is 0 Å². The largest absolute Gasteiger partial charge is 0.483 e. The average molecular weight is 583 g/mol. The van der Waals surface area contributed by atoms with Gasteiger partial charge in [0.05, 0.1) is 6.10 Å². The lowest BCUT2D eigenvalue weighted by atomic mass is 9.44. The maximum absolute atomic E-state index is 8.36. The van der Waals surface area contributed by atoms with Crippen LogP contribution in [0.15, 0.2) is 0 Å². The number of hydrogen-bond acceptors (Lipinski definition) is 4. The van der Waals surface area contributed by atoms with Crippen molar-refractivity contribution in [2.45, 2.75) is 166 Å². The first-order chi connectivity index (χ1) is 19.7. The molecule has 5 aliphatic rings. The molecule has 246 valence electrons. The highest BCUT2D eigenvalue weighted by Crippen LogP contribution is 2.69. The minimum absolute atomic E-state index is 0.250. The molecular weight excluding hydrogens is 508 g/mol. The Morgan fingerprint density at radius 3 is 2.05 bits per heavy atom. The van der Waals surface area contributed by atoms with Gasteiger partial charge in [-0.1, -0.05) is 96.4 Å². The molecule has 0 bridgehead atoms. The monoisotopic (exact) mass is 583 g/mol. The zero-order chi connectivity index (χ0) is 32.0. The lowest BCUT2D eigenvalue weighted by molar-refractivity contribution is -0.122. The van der Waals surface area contributed by atoms with Crippen LogP contribution in [0.25, 0.3) is 0 Å². The van der Waals surface area contributed by atoms with Gasteiger partial charge in [-0.2, -0.15) is 0 Å². The molecule has 5 fully saturated rings. The Bertz CT molecular complexity index is 690. The van der Waals surface area contributed by atoms with Crippen molar-refractivity contribution in [3.05, 3.63) is 0 Å². The molecule has 0 aromatic carbocycles. The number of rotatable bonds is 4. The highest BCUT2D eigenvalue weighted by atomic mass is 16.5. The van der Waals surface area contributed by atoms with E-state index in [1.165, 1.54) is 57.8 Å². The van der Waals surface area contributed by atoms with Crippen LogP contribution in [0.4, 0.5) is 0 Å². The molecule has 12 atom stereocenters. The molecule has 4 saturated carbocycles. The Morgan fingerprint density at radius 2 is 1.49 bits per heavy atom. The predicted molar refractivity (Wildman–Crippen MR) is 178 cm³/mol. The van der Waals surface area contributed by atoms with Crippen molar-refractivity contribution in [3.63, 3.8) is 0 Å². The van der Waals surface area contributed by atoms with E-state index in [1.807, 2.05) is 55.4 Å². The molecule has 0 aromatic rings. The first kappa shape index (κ1) is 40.4. The first-order valence-corrected chi connectivity index (χ1v) is 17.9. The van der Waals surface area contributed by atoms with Crippen molar-refractivity contribution in [1.82, 2.24) is 5.32 Å². The van der Waals surface area contributed by atoms with Crippen LogP contribution in [0.3, 0.4) is 0 Å². The highest BCUT2D eigenvalue weighted by molar-refractivity contribution is 5.32. The van der Waals surface area contributed by atoms with Gasteiger partial charge in [-0.3, -0.25) is 10.1 Å². The Balaban J connectivity index is 0.00000130. The highest BCUT2D eigenvalue weighted by Gasteiger charge is 2.65. The minimum atomic E-state index is -0.250. The SMILES string of the molecule is CC.CC.CC.CC.CC[C@H](C)CN[C@H]1O[C@H]2CC3[C@@H]4CCC5CC(N)CC[C@]5(C)C4CC[C@]3(C)C2[C@@H]1C.O=CO. The predicted octanol–water partition coefficient (Wildman–Crippen LogP) is 9.38. The second kappa shape index (κ2) is 19.6. The molecule has 4 aliphatic carbocycles. The Morgan fingerprint density at radius 1 is 0.927 bits per heavy atom. The third kappa shape index (κ3) is 8.72. The van der Waals surface area contributed by atoms with Crippen LogP contribution in [-0.2, 0) is 9.53 Å². The molecule has 5 rings (SSSR count). The minimum Gasteiger partial charge on any atom is -0.483 e. The molecule has 1 heterocycles. The van der Waals surface area contributed by atoms with Crippen LogP contribution in [0.1, 0.15) is 148 Å². The van der Waals surface area contributed by atoms with Crippen LogP contribution in [-0.4, -0.2) is 36.5 Å². The number of nitrogens with two attached hydrogens (primary N) is 1. The maximum Gasteiger partial charge on any atom is 0.290 e. The number of nitrogens with one attached hydrogen (secondary N) is 1. The smallest absolute Gasteiger partial charge is 0.290 e. The van der Waals surface area contributed by atoms with E-state index in [2.05, 4.69) is 39.9 Å². The molecule has 5 heteroatoms. The molecule has 1 saturated heterocycles. The van der Waals surface area contributed by atoms with Crippen LogP contribution < -0.4 is 11.1 Å². The maximum atomic E-state index is 8.36. The van der Waals surface area contributed by atoms with Gasteiger partial charge in [-0.05, 0) is 97.7 Å². The van der Waals surface area contributed by atoms with Crippen molar-refractivity contribution < 1.29 is 14.6 Å². The first-order valence-electron chi connectivity index (χ1n) is 17.9. The Kier molecular flexibility index (Phi) is 19.3. The van der Waals surface area contributed by atoms with E-state index in [-0.39, 0.29) is 12.7 Å². The zero-order valence-corrected chi connectivity index (χ0v) is 29.8. The fraction of sp³-hybridized carbons (Fsp3) is 0.972. The topological polar surface area (TPSA) is 84.6 Å². The van der Waals surface area contributed by atoms with Crippen molar-refractivity contribution in [2.24, 2.45) is 58.0 Å². The second-order valence-electron chi connectivity index (χ2n) is 13.0. The zero-order valence-electron chi connectivity index (χ0n) is 29.8. The fourth-order valence-electron chi connectivity index (χ4n) is 9.59. The summed E-state index contributed by atoms with van der Waals surface area (Å²) in [4.78, 5) is 8.36. The molecule has 0 radical (unpaired) electrons. The summed E-state index contributed by atoms with van der Waals surface area (Å²) in [6.07, 6.45) is 13.0. The number of fused-ring (bicyclic) bond motifs is 7. The van der Waals surface area contributed by atoms with E-state index in [0.717, 1.165) is 42.1 Å². The third-order valence-electron chi connectivity index (χ3n) is 11.5. The van der Waals surface area contributed by atoms with Gasteiger partial charge in [0, 0.05) is 18.5 Å². The van der Waals surface area contributed by atoms with E-state index < -0.39 is 0 Å². The number of carboxylic acid groups (broad SMARTS) is 1. The number of carbonyl (C=O) groups is 1. The standard InChI is InChI=1S/C27H48N2O.4C2H6.CH2O2/c1-6-16(2)15-29-25-17(3)24-23(30-25)14-22-20-8-7-18-13-19(28)9-11-26(18,4)21(20)10-12-27(22,24)5;4*1-2;2-1-3/h16-25,29H,6-15,28H2,1-5H3;4*1-2H3;1H,(H,2,3)/t16-,17-,18?,19?,20+,21?,22?,23-,24?,25-,26-,27-;;;;;/m0...../s1. The van der Waals surface area contributed by atoms with Crippen molar-refractivity contribution >= 4 is 6.47 Å². The molecule has 0 aromatic heterocycles. The molecular formula is C36H74N2O3. The summed E-state index contributed by atoms with van der Waals surface area (Å²) in [6, 6.07) is 0.466. The molecule has 5 nitrogen and oxygen atoms in total. The molecule has 4 N–H and O–H groups in total. The summed E-state index contributed by atoms with van der Waals surface area (Å²) >= 11 is 0. The van der Waals surface area contributed by atoms with E-state index in [0.29, 0.717) is 28.9 Å². The van der Waals surface area contributed by atoms with Crippen LogP contribution in [0, 0.1) is 52.3 Å². The summed E-state index contributed by atoms with van der Waals surface area (Å²) in [7, 11) is 0. The quantitative estimate of drug-likeness (QED) is 0.288. The summed E-state index contributed by atoms with van der Waals surface area (Å²) < 4.78 is 6.75. The van der Waals surface area contributed by atoms with Gasteiger partial charge >= 0.3 is 0 Å². The van der Waals surface area contributed by atoms with Gasteiger partial charge in [-0.15, -0.1) is 0 Å². The molecule has 5 unspecified atom stereocenters. The van der Waals surface area contributed by atoms with Gasteiger partial charge in [0.2, 0.25) is 0 Å². The van der Waals surface area contributed by atoms with Gasteiger partial charge in [0.25, 0.3) is 6.47 Å². The molecule has 0 spiro atoms. The van der Waals surface area contributed by atoms with Gasteiger partial charge in [0.15, 0.2) is 0 Å². The summed E-state index contributed by atoms with van der Waals surface area (Å²) in [6.45, 7) is 29.3. The average Bonchev–Trinajstić information content (AvgIpc) is 3.49. The van der Waals surface area contributed by atoms with Crippen LogP contribution in [0.2, 0.25) is 0 Å². The third-order valence-corrected chi connectivity index (χ3v) is 11.5. The van der Waals surface area contributed by atoms with E-state index in [1.54, 1.807) is 0 Å². The van der Waals surface area contributed by atoms with Crippen LogP contribution in [0.5, 0.6) is 0 Å². The lowest BCUT2D eigenvalue weighted by Gasteiger charge is -2.61. The van der Waals surface area contributed by atoms with E-state index in [9.17, 15) is 0 Å². The second-order valence-corrected chi connectivity index (χ2v) is 13.0. The Hall–Kier alpha value is -0.650. The van der Waals surface area contributed by atoms with Crippen molar-refractivity contribution in [2.75, 3.05) is 6.54 Å². The van der Waals surface area contributed by atoms with Crippen molar-refractivity contribution in [1.29, 1.82) is 0 Å². The number of ether oxygens (including phenoxy) is 1. The number of hydrogen-bond donors (Lipinski definition) is 3. The van der Waals surface area contributed by atoms with Crippen LogP contribution >= 0.6 is 0 Å². The van der Waals surface area contributed by atoms with Gasteiger partial charge in [0.1, 0.15) is 6.23 Å². The lowest BCUT2D eigenvalue weighted by Crippen LogP contribution is -2.55. The summed E-state index contributed by atoms with van der Waals surface area (Å²) in [5.41, 5.74) is 7.45.